The second-order valence-corrected chi connectivity index (χ2v) is 9.79. The SMILES string of the molecule is OC1CCCCc2c1cccc2N1CCC(O)C1Cc1cccc(CCP(O)O)c1. The summed E-state index contributed by atoms with van der Waals surface area (Å²) in [5, 5.41) is 21.4. The van der Waals surface area contributed by atoms with Gasteiger partial charge in [-0.1, -0.05) is 42.8 Å². The lowest BCUT2D eigenvalue weighted by Crippen LogP contribution is -2.37. The number of aliphatic hydroxyl groups excluding tert-OH is 2. The van der Waals surface area contributed by atoms with Crippen LogP contribution in [0.4, 0.5) is 5.69 Å². The number of nitrogens with zero attached hydrogens (tertiary/aromatic N) is 1. The number of rotatable bonds is 6. The first kappa shape index (κ1) is 21.7. The first-order valence-corrected chi connectivity index (χ1v) is 12.4. The summed E-state index contributed by atoms with van der Waals surface area (Å²) >= 11 is 0. The van der Waals surface area contributed by atoms with E-state index in [1.54, 1.807) is 0 Å². The monoisotopic (exact) mass is 429 g/mol. The van der Waals surface area contributed by atoms with Gasteiger partial charge in [-0.2, -0.15) is 0 Å². The highest BCUT2D eigenvalue weighted by Gasteiger charge is 2.35. The van der Waals surface area contributed by atoms with Crippen LogP contribution >= 0.6 is 8.38 Å². The van der Waals surface area contributed by atoms with Crippen molar-refractivity contribution < 1.29 is 20.0 Å². The fourth-order valence-corrected chi connectivity index (χ4v) is 5.46. The number of benzene rings is 2. The summed E-state index contributed by atoms with van der Waals surface area (Å²) in [4.78, 5) is 20.8. The fourth-order valence-electron chi connectivity index (χ4n) is 5.01. The second-order valence-electron chi connectivity index (χ2n) is 8.59. The topological polar surface area (TPSA) is 84.2 Å². The van der Waals surface area contributed by atoms with Gasteiger partial charge in [-0.3, -0.25) is 0 Å². The largest absolute Gasteiger partial charge is 0.391 e. The Hall–Kier alpha value is -1.49. The third kappa shape index (κ3) is 4.87. The quantitative estimate of drug-likeness (QED) is 0.418. The molecule has 1 fully saturated rings. The minimum Gasteiger partial charge on any atom is -0.391 e. The molecule has 6 heteroatoms. The van der Waals surface area contributed by atoms with E-state index in [0.717, 1.165) is 67.4 Å². The summed E-state index contributed by atoms with van der Waals surface area (Å²) in [7, 11) is -1.87. The maximum absolute atomic E-state index is 10.8. The van der Waals surface area contributed by atoms with Crippen LogP contribution in [0.15, 0.2) is 42.5 Å². The van der Waals surface area contributed by atoms with E-state index in [4.69, 9.17) is 0 Å². The second kappa shape index (κ2) is 9.76. The summed E-state index contributed by atoms with van der Waals surface area (Å²) < 4.78 is 0. The Morgan fingerprint density at radius 3 is 2.60 bits per heavy atom. The van der Waals surface area contributed by atoms with Gasteiger partial charge < -0.3 is 24.9 Å². The van der Waals surface area contributed by atoms with Crippen LogP contribution in [0.2, 0.25) is 0 Å². The van der Waals surface area contributed by atoms with Crippen molar-refractivity contribution in [2.24, 2.45) is 0 Å². The minimum absolute atomic E-state index is 0.0000435. The van der Waals surface area contributed by atoms with Crippen LogP contribution < -0.4 is 4.90 Å². The first-order chi connectivity index (χ1) is 14.5. The van der Waals surface area contributed by atoms with Crippen molar-refractivity contribution in [3.8, 4) is 0 Å². The predicted octanol–water partition coefficient (Wildman–Crippen LogP) is 3.47. The Labute approximate surface area is 179 Å². The van der Waals surface area contributed by atoms with Crippen LogP contribution in [0.5, 0.6) is 0 Å². The van der Waals surface area contributed by atoms with Gasteiger partial charge in [0.15, 0.2) is 8.38 Å². The first-order valence-electron chi connectivity index (χ1n) is 11.0. The van der Waals surface area contributed by atoms with Gasteiger partial charge in [0.2, 0.25) is 0 Å². The summed E-state index contributed by atoms with van der Waals surface area (Å²) in [6.07, 6.45) is 5.66. The standard InChI is InChI=1S/C24H32NO4P/c26-23-10-2-1-7-19-20(23)8-4-9-21(19)25-13-11-24(27)22(25)16-18-6-3-5-17(15-18)12-14-30(28)29/h3-6,8-9,15,22-24,26-29H,1-2,7,10-14,16H2. The Bertz CT molecular complexity index is 859. The Morgan fingerprint density at radius 2 is 1.77 bits per heavy atom. The number of aliphatic hydroxyl groups is 2. The van der Waals surface area contributed by atoms with E-state index in [1.165, 1.54) is 5.56 Å². The van der Waals surface area contributed by atoms with Crippen molar-refractivity contribution in [3.05, 3.63) is 64.7 Å². The Kier molecular flexibility index (Phi) is 7.07. The molecule has 0 aromatic heterocycles. The highest BCUT2D eigenvalue weighted by atomic mass is 31.2. The molecule has 162 valence electrons. The molecule has 1 aliphatic heterocycles. The van der Waals surface area contributed by atoms with Crippen molar-refractivity contribution in [1.29, 1.82) is 0 Å². The molecular formula is C24H32NO4P. The molecular weight excluding hydrogens is 397 g/mol. The molecule has 1 heterocycles. The summed E-state index contributed by atoms with van der Waals surface area (Å²) in [5.41, 5.74) is 5.72. The third-order valence-electron chi connectivity index (χ3n) is 6.56. The van der Waals surface area contributed by atoms with E-state index >= 15 is 0 Å². The average molecular weight is 429 g/mol. The summed E-state index contributed by atoms with van der Waals surface area (Å²) in [6.45, 7) is 0.817. The van der Waals surface area contributed by atoms with E-state index in [0.29, 0.717) is 12.6 Å². The van der Waals surface area contributed by atoms with Crippen molar-refractivity contribution in [1.82, 2.24) is 0 Å². The van der Waals surface area contributed by atoms with Gasteiger partial charge in [0.25, 0.3) is 0 Å². The molecule has 0 bridgehead atoms. The maximum atomic E-state index is 10.8. The maximum Gasteiger partial charge on any atom is 0.165 e. The molecule has 4 N–H and O–H groups in total. The third-order valence-corrected chi connectivity index (χ3v) is 7.18. The molecule has 0 radical (unpaired) electrons. The predicted molar refractivity (Wildman–Crippen MR) is 121 cm³/mol. The molecule has 4 rings (SSSR count). The number of fused-ring (bicyclic) bond motifs is 1. The molecule has 2 aliphatic rings. The zero-order chi connectivity index (χ0) is 21.1. The molecule has 0 amide bonds. The van der Waals surface area contributed by atoms with Gasteiger partial charge in [-0.15, -0.1) is 0 Å². The van der Waals surface area contributed by atoms with Crippen LogP contribution in [0.3, 0.4) is 0 Å². The Balaban J connectivity index is 1.58. The lowest BCUT2D eigenvalue weighted by atomic mass is 9.96. The zero-order valence-electron chi connectivity index (χ0n) is 17.3. The fraction of sp³-hybridized carbons (Fsp3) is 0.500. The van der Waals surface area contributed by atoms with Crippen LogP contribution in [-0.2, 0) is 19.3 Å². The van der Waals surface area contributed by atoms with Gasteiger partial charge in [0.1, 0.15) is 0 Å². The van der Waals surface area contributed by atoms with Gasteiger partial charge in [-0.25, -0.2) is 0 Å². The molecule has 3 atom stereocenters. The molecule has 0 spiro atoms. The molecule has 2 aromatic carbocycles. The van der Waals surface area contributed by atoms with Crippen LogP contribution in [0.25, 0.3) is 0 Å². The van der Waals surface area contributed by atoms with Gasteiger partial charge >= 0.3 is 0 Å². The van der Waals surface area contributed by atoms with E-state index in [2.05, 4.69) is 29.2 Å². The molecule has 5 nitrogen and oxygen atoms in total. The normalized spacial score (nSPS) is 24.2. The van der Waals surface area contributed by atoms with E-state index in [1.807, 2.05) is 18.2 Å². The van der Waals surface area contributed by atoms with E-state index in [9.17, 15) is 20.0 Å². The average Bonchev–Trinajstić information content (AvgIpc) is 2.97. The molecule has 3 unspecified atom stereocenters. The molecule has 0 saturated carbocycles. The number of aryl methyl sites for hydroxylation is 1. The number of hydrogen-bond acceptors (Lipinski definition) is 5. The summed E-state index contributed by atoms with van der Waals surface area (Å²) in [6, 6.07) is 14.5. The number of anilines is 1. The minimum atomic E-state index is -1.87. The Morgan fingerprint density at radius 1 is 0.967 bits per heavy atom. The van der Waals surface area contributed by atoms with Crippen LogP contribution in [0.1, 0.15) is 54.0 Å². The van der Waals surface area contributed by atoms with Gasteiger partial charge in [0.05, 0.1) is 18.2 Å². The zero-order valence-corrected chi connectivity index (χ0v) is 18.2. The highest BCUT2D eigenvalue weighted by Crippen LogP contribution is 2.38. The van der Waals surface area contributed by atoms with Crippen molar-refractivity contribution in [2.75, 3.05) is 17.6 Å². The molecule has 2 aromatic rings. The van der Waals surface area contributed by atoms with E-state index < -0.39 is 14.5 Å². The van der Waals surface area contributed by atoms with E-state index in [-0.39, 0.29) is 12.1 Å². The highest BCUT2D eigenvalue weighted by molar-refractivity contribution is 7.45. The lowest BCUT2D eigenvalue weighted by Gasteiger charge is -2.31. The molecule has 1 saturated heterocycles. The van der Waals surface area contributed by atoms with Crippen molar-refractivity contribution in [3.63, 3.8) is 0 Å². The van der Waals surface area contributed by atoms with Gasteiger partial charge in [-0.05, 0) is 66.8 Å². The van der Waals surface area contributed by atoms with Crippen molar-refractivity contribution in [2.45, 2.75) is 63.2 Å². The smallest absolute Gasteiger partial charge is 0.165 e. The van der Waals surface area contributed by atoms with Gasteiger partial charge in [0, 0.05) is 18.4 Å². The van der Waals surface area contributed by atoms with Crippen LogP contribution in [0, 0.1) is 0 Å². The molecule has 1 aliphatic carbocycles. The molecule has 30 heavy (non-hydrogen) atoms. The number of hydrogen-bond donors (Lipinski definition) is 4. The van der Waals surface area contributed by atoms with Crippen molar-refractivity contribution >= 4 is 14.1 Å². The summed E-state index contributed by atoms with van der Waals surface area (Å²) in [5.74, 6) is 0. The lowest BCUT2D eigenvalue weighted by molar-refractivity contribution is 0.164. The van der Waals surface area contributed by atoms with Crippen LogP contribution in [-0.4, -0.2) is 44.9 Å².